The van der Waals surface area contributed by atoms with Crippen molar-refractivity contribution >= 4 is 23.3 Å². The van der Waals surface area contributed by atoms with Gasteiger partial charge in [0.1, 0.15) is 11.5 Å². The molecule has 0 saturated carbocycles. The molecule has 2 aromatic carbocycles. The van der Waals surface area contributed by atoms with E-state index in [1.165, 1.54) is 0 Å². The van der Waals surface area contributed by atoms with Crippen molar-refractivity contribution in [1.82, 2.24) is 5.32 Å². The van der Waals surface area contributed by atoms with Crippen LogP contribution in [0.2, 0.25) is 5.02 Å². The lowest BCUT2D eigenvalue weighted by Crippen LogP contribution is -2.36. The number of amides is 1. The Hall–Kier alpha value is -3.05. The Labute approximate surface area is 174 Å². The van der Waals surface area contributed by atoms with Crippen LogP contribution in [-0.4, -0.2) is 24.3 Å². The summed E-state index contributed by atoms with van der Waals surface area (Å²) in [5, 5.41) is 3.48. The molecule has 3 aromatic rings. The minimum Gasteiger partial charge on any atom is -0.484 e. The normalized spacial score (nSPS) is 11.7. The zero-order chi connectivity index (χ0) is 20.6. The van der Waals surface area contributed by atoms with Gasteiger partial charge in [-0.25, -0.2) is 0 Å². The largest absolute Gasteiger partial charge is 0.484 e. The first kappa shape index (κ1) is 20.7. The van der Waals surface area contributed by atoms with Gasteiger partial charge < -0.3 is 14.5 Å². The number of furan rings is 1. The van der Waals surface area contributed by atoms with Crippen LogP contribution in [0.4, 0.5) is 0 Å². The second kappa shape index (κ2) is 9.94. The summed E-state index contributed by atoms with van der Waals surface area (Å²) in [6.07, 6.45) is 3.18. The van der Waals surface area contributed by atoms with Crippen molar-refractivity contribution in [2.45, 2.75) is 25.8 Å². The maximum Gasteiger partial charge on any atom is 0.258 e. The van der Waals surface area contributed by atoms with Crippen LogP contribution in [0.5, 0.6) is 5.75 Å². The number of hydrogen-bond donors (Lipinski definition) is 1. The van der Waals surface area contributed by atoms with Gasteiger partial charge in [0, 0.05) is 28.6 Å². The molecule has 5 nitrogen and oxygen atoms in total. The molecule has 1 N–H and O–H groups in total. The summed E-state index contributed by atoms with van der Waals surface area (Å²) in [4.78, 5) is 24.5. The Morgan fingerprint density at radius 2 is 1.69 bits per heavy atom. The van der Waals surface area contributed by atoms with E-state index in [1.54, 1.807) is 54.8 Å². The number of nitrogens with one attached hydrogen (secondary N) is 1. The van der Waals surface area contributed by atoms with E-state index in [1.807, 2.05) is 19.1 Å². The fraction of sp³-hybridized carbons (Fsp3) is 0.217. The Morgan fingerprint density at radius 1 is 1.03 bits per heavy atom. The highest BCUT2D eigenvalue weighted by Gasteiger charge is 2.11. The van der Waals surface area contributed by atoms with Gasteiger partial charge in [-0.2, -0.15) is 0 Å². The molecule has 0 aliphatic heterocycles. The van der Waals surface area contributed by atoms with Gasteiger partial charge in [-0.05, 0) is 74.0 Å². The quantitative estimate of drug-likeness (QED) is 0.519. The number of hydrogen-bond acceptors (Lipinski definition) is 4. The molecule has 0 bridgehead atoms. The van der Waals surface area contributed by atoms with Crippen LogP contribution >= 0.6 is 11.6 Å². The van der Waals surface area contributed by atoms with Gasteiger partial charge in [0.15, 0.2) is 12.4 Å². The number of ketones is 1. The second-order valence-electron chi connectivity index (χ2n) is 6.74. The van der Waals surface area contributed by atoms with E-state index in [2.05, 4.69) is 5.32 Å². The first-order chi connectivity index (χ1) is 14.0. The number of aryl methyl sites for hydroxylation is 1. The molecule has 1 aromatic heterocycles. The summed E-state index contributed by atoms with van der Waals surface area (Å²) in [7, 11) is 0. The van der Waals surface area contributed by atoms with E-state index in [-0.39, 0.29) is 24.3 Å². The number of ether oxygens (including phenoxy) is 1. The maximum atomic E-state index is 12.4. The average molecular weight is 412 g/mol. The number of halogens is 1. The monoisotopic (exact) mass is 411 g/mol. The first-order valence-corrected chi connectivity index (χ1v) is 9.74. The molecule has 1 atom stereocenters. The highest BCUT2D eigenvalue weighted by molar-refractivity contribution is 6.30. The predicted octanol–water partition coefficient (Wildman–Crippen LogP) is 4.68. The lowest BCUT2D eigenvalue weighted by molar-refractivity contribution is -0.123. The van der Waals surface area contributed by atoms with Crippen LogP contribution in [-0.2, 0) is 11.2 Å². The molecule has 0 aliphatic rings. The molecule has 3 rings (SSSR count). The average Bonchev–Trinajstić information content (AvgIpc) is 3.25. The van der Waals surface area contributed by atoms with Gasteiger partial charge in [0.25, 0.3) is 5.91 Å². The van der Waals surface area contributed by atoms with Gasteiger partial charge in [-0.1, -0.05) is 11.6 Å². The van der Waals surface area contributed by atoms with Crippen LogP contribution in [0.3, 0.4) is 0 Å². The van der Waals surface area contributed by atoms with Crippen LogP contribution in [0.1, 0.15) is 35.0 Å². The number of rotatable bonds is 9. The molecule has 0 aliphatic carbocycles. The fourth-order valence-corrected chi connectivity index (χ4v) is 2.95. The zero-order valence-corrected chi connectivity index (χ0v) is 16.8. The Balaban J connectivity index is 1.45. The summed E-state index contributed by atoms with van der Waals surface area (Å²) in [6.45, 7) is 1.85. The molecule has 1 amide bonds. The van der Waals surface area contributed by atoms with Crippen molar-refractivity contribution in [3.05, 3.63) is 88.8 Å². The van der Waals surface area contributed by atoms with Gasteiger partial charge >= 0.3 is 0 Å². The van der Waals surface area contributed by atoms with E-state index in [0.717, 1.165) is 18.6 Å². The molecule has 1 unspecified atom stereocenters. The van der Waals surface area contributed by atoms with E-state index in [4.69, 9.17) is 20.8 Å². The molecule has 0 saturated heterocycles. The first-order valence-electron chi connectivity index (χ1n) is 9.36. The molecular weight excluding hydrogens is 390 g/mol. The highest BCUT2D eigenvalue weighted by Crippen LogP contribution is 2.17. The van der Waals surface area contributed by atoms with Crippen LogP contribution < -0.4 is 10.1 Å². The molecule has 150 valence electrons. The van der Waals surface area contributed by atoms with Crippen LogP contribution in [0.25, 0.3) is 0 Å². The van der Waals surface area contributed by atoms with Gasteiger partial charge in [0.2, 0.25) is 0 Å². The van der Waals surface area contributed by atoms with E-state index in [0.29, 0.717) is 21.9 Å². The van der Waals surface area contributed by atoms with E-state index >= 15 is 0 Å². The summed E-state index contributed by atoms with van der Waals surface area (Å²) in [6, 6.07) is 17.2. The molecular formula is C23H22ClNO4. The van der Waals surface area contributed by atoms with E-state index < -0.39 is 0 Å². The van der Waals surface area contributed by atoms with Crippen molar-refractivity contribution in [1.29, 1.82) is 0 Å². The fourth-order valence-electron chi connectivity index (χ4n) is 2.82. The molecule has 1 heterocycles. The summed E-state index contributed by atoms with van der Waals surface area (Å²) in [5.74, 6) is 1.13. The van der Waals surface area contributed by atoms with Crippen molar-refractivity contribution in [3.63, 3.8) is 0 Å². The third kappa shape index (κ3) is 6.22. The van der Waals surface area contributed by atoms with Crippen molar-refractivity contribution < 1.29 is 18.7 Å². The Bertz CT molecular complexity index is 934. The highest BCUT2D eigenvalue weighted by atomic mass is 35.5. The lowest BCUT2D eigenvalue weighted by Gasteiger charge is -2.13. The van der Waals surface area contributed by atoms with Crippen molar-refractivity contribution in [3.8, 4) is 5.75 Å². The summed E-state index contributed by atoms with van der Waals surface area (Å²) in [5.41, 5.74) is 1.10. The zero-order valence-electron chi connectivity index (χ0n) is 16.1. The molecule has 0 spiro atoms. The van der Waals surface area contributed by atoms with Crippen LogP contribution in [0.15, 0.2) is 71.3 Å². The topological polar surface area (TPSA) is 68.5 Å². The standard InChI is InChI=1S/C23H22ClNO4/c1-16(4-11-20-3-2-14-28-20)25-22(26)15-29-21-12-7-18(8-13-21)23(27)17-5-9-19(24)10-6-17/h2-3,5-10,12-14,16H,4,11,15H2,1H3,(H,25,26). The number of carbonyl (C=O) groups excluding carboxylic acids is 2. The Morgan fingerprint density at radius 3 is 2.31 bits per heavy atom. The maximum absolute atomic E-state index is 12.4. The van der Waals surface area contributed by atoms with Crippen molar-refractivity contribution in [2.24, 2.45) is 0 Å². The summed E-state index contributed by atoms with van der Waals surface area (Å²) < 4.78 is 10.8. The SMILES string of the molecule is CC(CCc1ccco1)NC(=O)COc1ccc(C(=O)c2ccc(Cl)cc2)cc1. The number of benzene rings is 2. The van der Waals surface area contributed by atoms with Gasteiger partial charge in [-0.3, -0.25) is 9.59 Å². The molecule has 29 heavy (non-hydrogen) atoms. The third-order valence-corrected chi connectivity index (χ3v) is 4.66. The third-order valence-electron chi connectivity index (χ3n) is 4.40. The van der Waals surface area contributed by atoms with Crippen LogP contribution in [0, 0.1) is 0 Å². The lowest BCUT2D eigenvalue weighted by atomic mass is 10.0. The molecule has 0 radical (unpaired) electrons. The minimum atomic E-state index is -0.196. The van der Waals surface area contributed by atoms with E-state index in [9.17, 15) is 9.59 Å². The Kier molecular flexibility index (Phi) is 7.09. The number of carbonyl (C=O) groups is 2. The predicted molar refractivity (Wildman–Crippen MR) is 111 cm³/mol. The molecule has 6 heteroatoms. The van der Waals surface area contributed by atoms with Gasteiger partial charge in [0.05, 0.1) is 6.26 Å². The van der Waals surface area contributed by atoms with Gasteiger partial charge in [-0.15, -0.1) is 0 Å². The minimum absolute atomic E-state index is 0.00979. The van der Waals surface area contributed by atoms with Crippen molar-refractivity contribution in [2.75, 3.05) is 6.61 Å². The second-order valence-corrected chi connectivity index (χ2v) is 7.17. The molecule has 0 fully saturated rings. The summed E-state index contributed by atoms with van der Waals surface area (Å²) >= 11 is 5.85. The smallest absolute Gasteiger partial charge is 0.258 e.